The van der Waals surface area contributed by atoms with Crippen molar-refractivity contribution in [2.24, 2.45) is 0 Å². The quantitative estimate of drug-likeness (QED) is 0.596. The van der Waals surface area contributed by atoms with Gasteiger partial charge < -0.3 is 9.30 Å². The van der Waals surface area contributed by atoms with E-state index in [1.54, 1.807) is 13.2 Å². The van der Waals surface area contributed by atoms with E-state index in [9.17, 15) is 4.39 Å². The van der Waals surface area contributed by atoms with Gasteiger partial charge >= 0.3 is 0 Å². The normalized spacial score (nSPS) is 11.3. The molecule has 98 valence electrons. The fourth-order valence-corrected chi connectivity index (χ4v) is 2.24. The van der Waals surface area contributed by atoms with Gasteiger partial charge in [0.05, 0.1) is 5.52 Å². The van der Waals surface area contributed by atoms with Crippen molar-refractivity contribution in [2.75, 3.05) is 19.6 Å². The number of benzene rings is 1. The van der Waals surface area contributed by atoms with Crippen molar-refractivity contribution in [1.82, 2.24) is 9.55 Å². The Bertz CT molecular complexity index is 527. The average Bonchev–Trinajstić information content (AvgIpc) is 2.70. The summed E-state index contributed by atoms with van der Waals surface area (Å²) >= 11 is 5.76. The second-order valence-electron chi connectivity index (χ2n) is 4.07. The summed E-state index contributed by atoms with van der Waals surface area (Å²) in [4.78, 5) is 4.44. The van der Waals surface area contributed by atoms with Crippen molar-refractivity contribution >= 4 is 22.6 Å². The molecule has 0 spiro atoms. The lowest BCUT2D eigenvalue weighted by Crippen LogP contribution is -2.07. The third-order valence-corrected chi connectivity index (χ3v) is 3.03. The molecule has 0 aliphatic rings. The van der Waals surface area contributed by atoms with Crippen molar-refractivity contribution in [3.8, 4) is 0 Å². The van der Waals surface area contributed by atoms with Crippen molar-refractivity contribution in [3.05, 3.63) is 29.8 Å². The first kappa shape index (κ1) is 13.3. The van der Waals surface area contributed by atoms with Gasteiger partial charge in [0.1, 0.15) is 17.2 Å². The molecule has 1 aromatic carbocycles. The largest absolute Gasteiger partial charge is 0.385 e. The molecule has 5 heteroatoms. The van der Waals surface area contributed by atoms with Crippen LogP contribution in [0.25, 0.3) is 11.0 Å². The number of hydrogen-bond acceptors (Lipinski definition) is 2. The number of imidazole rings is 1. The molecule has 0 aliphatic heterocycles. The Morgan fingerprint density at radius 3 is 3.00 bits per heavy atom. The summed E-state index contributed by atoms with van der Waals surface area (Å²) in [7, 11) is 1.66. The van der Waals surface area contributed by atoms with Gasteiger partial charge in [-0.2, -0.15) is 0 Å². The van der Waals surface area contributed by atoms with Gasteiger partial charge in [0.25, 0.3) is 0 Å². The lowest BCUT2D eigenvalue weighted by atomic mass is 10.3. The predicted octanol–water partition coefficient (Wildman–Crippen LogP) is 2.99. The van der Waals surface area contributed by atoms with Crippen molar-refractivity contribution in [3.63, 3.8) is 0 Å². The number of aromatic nitrogens is 2. The molecule has 0 saturated heterocycles. The molecule has 0 N–H and O–H groups in total. The highest BCUT2D eigenvalue weighted by Gasteiger charge is 2.13. The summed E-state index contributed by atoms with van der Waals surface area (Å²) < 4.78 is 20.8. The molecule has 0 amide bonds. The molecule has 2 rings (SSSR count). The van der Waals surface area contributed by atoms with Gasteiger partial charge in [-0.05, 0) is 18.6 Å². The van der Waals surface area contributed by atoms with E-state index < -0.39 is 0 Å². The van der Waals surface area contributed by atoms with Crippen LogP contribution in [0, 0.1) is 5.82 Å². The molecule has 0 saturated carbocycles. The van der Waals surface area contributed by atoms with E-state index in [1.807, 2.05) is 10.6 Å². The summed E-state index contributed by atoms with van der Waals surface area (Å²) in [5, 5.41) is 0. The molecule has 0 radical (unpaired) electrons. The van der Waals surface area contributed by atoms with Gasteiger partial charge in [0, 0.05) is 32.6 Å². The third kappa shape index (κ3) is 2.65. The number of methoxy groups -OCH3 is 1. The van der Waals surface area contributed by atoms with Crippen LogP contribution in [0.2, 0.25) is 0 Å². The number of halogens is 2. The van der Waals surface area contributed by atoms with Gasteiger partial charge in [-0.25, -0.2) is 9.37 Å². The van der Waals surface area contributed by atoms with Crippen LogP contribution in [0.1, 0.15) is 12.2 Å². The van der Waals surface area contributed by atoms with Crippen LogP contribution >= 0.6 is 11.6 Å². The van der Waals surface area contributed by atoms with Crippen molar-refractivity contribution in [2.45, 2.75) is 19.4 Å². The summed E-state index contributed by atoms with van der Waals surface area (Å²) in [5.41, 5.74) is 1.25. The van der Waals surface area contributed by atoms with Crippen LogP contribution in [0.15, 0.2) is 18.2 Å². The number of fused-ring (bicyclic) bond motifs is 1. The maximum Gasteiger partial charge on any atom is 0.149 e. The number of para-hydroxylation sites is 1. The molecular formula is C13H16ClFN2O. The average molecular weight is 271 g/mol. The second kappa shape index (κ2) is 6.16. The Morgan fingerprint density at radius 1 is 1.44 bits per heavy atom. The van der Waals surface area contributed by atoms with E-state index in [2.05, 4.69) is 4.98 Å². The van der Waals surface area contributed by atoms with E-state index >= 15 is 0 Å². The van der Waals surface area contributed by atoms with Gasteiger partial charge in [0.2, 0.25) is 0 Å². The minimum atomic E-state index is -0.238. The van der Waals surface area contributed by atoms with E-state index in [4.69, 9.17) is 16.3 Å². The van der Waals surface area contributed by atoms with Crippen LogP contribution in [0.4, 0.5) is 4.39 Å². The molecule has 2 aromatic rings. The third-order valence-electron chi connectivity index (χ3n) is 2.84. The maximum absolute atomic E-state index is 13.9. The topological polar surface area (TPSA) is 27.1 Å². The predicted molar refractivity (Wildman–Crippen MR) is 70.6 cm³/mol. The first-order chi connectivity index (χ1) is 8.77. The molecule has 3 nitrogen and oxygen atoms in total. The highest BCUT2D eigenvalue weighted by atomic mass is 35.5. The number of nitrogens with zero attached hydrogens (tertiary/aromatic N) is 2. The van der Waals surface area contributed by atoms with E-state index in [0.717, 1.165) is 12.2 Å². The molecule has 0 aliphatic carbocycles. The van der Waals surface area contributed by atoms with Crippen molar-refractivity contribution in [1.29, 1.82) is 0 Å². The van der Waals surface area contributed by atoms with E-state index in [0.29, 0.717) is 36.5 Å². The molecule has 0 bridgehead atoms. The van der Waals surface area contributed by atoms with Crippen molar-refractivity contribution < 1.29 is 9.13 Å². The smallest absolute Gasteiger partial charge is 0.149 e. The Morgan fingerprint density at radius 2 is 2.28 bits per heavy atom. The summed E-state index contributed by atoms with van der Waals surface area (Å²) in [6.45, 7) is 1.34. The fraction of sp³-hybridized carbons (Fsp3) is 0.462. The zero-order chi connectivity index (χ0) is 13.0. The molecular weight excluding hydrogens is 255 g/mol. The Balaban J connectivity index is 2.40. The number of alkyl halides is 1. The van der Waals surface area contributed by atoms with E-state index in [1.165, 1.54) is 6.07 Å². The fourth-order valence-electron chi connectivity index (χ4n) is 2.07. The van der Waals surface area contributed by atoms with Crippen LogP contribution in [-0.2, 0) is 17.7 Å². The van der Waals surface area contributed by atoms with Gasteiger partial charge in [-0.15, -0.1) is 11.6 Å². The molecule has 0 fully saturated rings. The Labute approximate surface area is 111 Å². The zero-order valence-electron chi connectivity index (χ0n) is 10.3. The molecule has 0 atom stereocenters. The second-order valence-corrected chi connectivity index (χ2v) is 4.45. The Kier molecular flexibility index (Phi) is 4.55. The van der Waals surface area contributed by atoms with Crippen LogP contribution in [0.3, 0.4) is 0 Å². The maximum atomic E-state index is 13.9. The summed E-state index contributed by atoms with van der Waals surface area (Å²) in [6.07, 6.45) is 1.47. The minimum Gasteiger partial charge on any atom is -0.385 e. The molecule has 1 aromatic heterocycles. The Hall–Kier alpha value is -1.13. The molecule has 18 heavy (non-hydrogen) atoms. The SMILES string of the molecule is COCCCn1c(CCCl)nc2cccc(F)c21. The minimum absolute atomic E-state index is 0.238. The molecule has 1 heterocycles. The van der Waals surface area contributed by atoms with Gasteiger partial charge in [-0.3, -0.25) is 0 Å². The van der Waals surface area contributed by atoms with Gasteiger partial charge in [-0.1, -0.05) is 6.07 Å². The number of rotatable bonds is 6. The van der Waals surface area contributed by atoms with E-state index in [-0.39, 0.29) is 5.82 Å². The zero-order valence-corrected chi connectivity index (χ0v) is 11.1. The number of aryl methyl sites for hydroxylation is 2. The first-order valence-corrected chi connectivity index (χ1v) is 6.50. The number of ether oxygens (including phenoxy) is 1. The first-order valence-electron chi connectivity index (χ1n) is 5.96. The van der Waals surface area contributed by atoms with Crippen LogP contribution in [-0.4, -0.2) is 29.1 Å². The van der Waals surface area contributed by atoms with Crippen LogP contribution < -0.4 is 0 Å². The highest BCUT2D eigenvalue weighted by molar-refractivity contribution is 6.17. The highest BCUT2D eigenvalue weighted by Crippen LogP contribution is 2.20. The summed E-state index contributed by atoms with van der Waals surface area (Å²) in [5.74, 6) is 1.08. The standard InChI is InChI=1S/C13H16ClFN2O/c1-18-9-3-8-17-12(6-7-14)16-11-5-2-4-10(15)13(11)17/h2,4-5H,3,6-9H2,1H3. The lowest BCUT2D eigenvalue weighted by molar-refractivity contribution is 0.190. The number of hydrogen-bond donors (Lipinski definition) is 0. The van der Waals surface area contributed by atoms with Gasteiger partial charge in [0.15, 0.2) is 0 Å². The molecule has 0 unspecified atom stereocenters. The van der Waals surface area contributed by atoms with Crippen LogP contribution in [0.5, 0.6) is 0 Å². The lowest BCUT2D eigenvalue weighted by Gasteiger charge is -2.08. The summed E-state index contributed by atoms with van der Waals surface area (Å²) in [6, 6.07) is 4.96. The monoisotopic (exact) mass is 270 g/mol.